The maximum Gasteiger partial charge on any atom is 0.241 e. The monoisotopic (exact) mass is 418 g/mol. The number of rotatable bonds is 7. The van der Waals surface area contributed by atoms with E-state index < -0.39 is 10.0 Å². The van der Waals surface area contributed by atoms with E-state index in [4.69, 9.17) is 0 Å². The highest BCUT2D eigenvalue weighted by molar-refractivity contribution is 7.98. The molecule has 2 aromatic carbocycles. The number of anilines is 1. The van der Waals surface area contributed by atoms with Crippen molar-refractivity contribution in [2.45, 2.75) is 37.1 Å². The van der Waals surface area contributed by atoms with Crippen molar-refractivity contribution in [2.75, 3.05) is 23.4 Å². The maximum absolute atomic E-state index is 12.6. The van der Waals surface area contributed by atoms with Crippen LogP contribution >= 0.6 is 11.8 Å². The number of carbonyl (C=O) groups excluding carboxylic acids is 1. The van der Waals surface area contributed by atoms with Gasteiger partial charge in [-0.05, 0) is 67.3 Å². The lowest BCUT2D eigenvalue weighted by Crippen LogP contribution is -2.41. The number of nitrogens with one attached hydrogen (secondary N) is 1. The third-order valence-electron chi connectivity index (χ3n) is 5.03. The van der Waals surface area contributed by atoms with Crippen molar-refractivity contribution in [2.24, 2.45) is 0 Å². The Morgan fingerprint density at radius 2 is 1.93 bits per heavy atom. The number of hydrogen-bond donors (Lipinski definition) is 1. The molecule has 3 rings (SSSR count). The molecule has 0 fully saturated rings. The predicted molar refractivity (Wildman–Crippen MR) is 115 cm³/mol. The van der Waals surface area contributed by atoms with Gasteiger partial charge in [0.25, 0.3) is 0 Å². The van der Waals surface area contributed by atoms with E-state index in [1.54, 1.807) is 18.2 Å². The van der Waals surface area contributed by atoms with Gasteiger partial charge in [0.1, 0.15) is 6.54 Å². The summed E-state index contributed by atoms with van der Waals surface area (Å²) in [5.74, 6) is -0.326. The number of carbonyl (C=O) groups is 1. The summed E-state index contributed by atoms with van der Waals surface area (Å²) >= 11 is 1.53. The molecule has 2 aromatic rings. The summed E-state index contributed by atoms with van der Waals surface area (Å²) in [7, 11) is -3.58. The highest BCUT2D eigenvalue weighted by Gasteiger charge is 2.22. The first-order valence-corrected chi connectivity index (χ1v) is 12.4. The minimum absolute atomic E-state index is 0.183. The number of hydrogen-bond acceptors (Lipinski definition) is 4. The second-order valence-electron chi connectivity index (χ2n) is 7.14. The van der Waals surface area contributed by atoms with Crippen LogP contribution in [0.3, 0.4) is 0 Å². The van der Waals surface area contributed by atoms with Gasteiger partial charge in [-0.15, -0.1) is 11.8 Å². The summed E-state index contributed by atoms with van der Waals surface area (Å²) in [6, 6.07) is 13.3. The van der Waals surface area contributed by atoms with Gasteiger partial charge in [-0.25, -0.2) is 8.42 Å². The van der Waals surface area contributed by atoms with Crippen LogP contribution in [0.2, 0.25) is 0 Å². The molecule has 0 spiro atoms. The lowest BCUT2D eigenvalue weighted by Gasteiger charge is -2.24. The maximum atomic E-state index is 12.6. The van der Waals surface area contributed by atoms with E-state index >= 15 is 0 Å². The van der Waals surface area contributed by atoms with Gasteiger partial charge in [-0.2, -0.15) is 0 Å². The average molecular weight is 419 g/mol. The SMILES string of the molecule is CSc1cccc(N(CC(=O)NC(C)c2ccc3c(c2)CCC3)S(C)(=O)=O)c1. The zero-order valence-electron chi connectivity index (χ0n) is 16.4. The molecule has 1 amide bonds. The molecule has 1 atom stereocenters. The highest BCUT2D eigenvalue weighted by atomic mass is 32.2. The number of amides is 1. The zero-order valence-corrected chi connectivity index (χ0v) is 18.1. The Bertz CT molecular complexity index is 973. The second kappa shape index (κ2) is 8.57. The Labute approximate surface area is 171 Å². The third-order valence-corrected chi connectivity index (χ3v) is 6.89. The zero-order chi connectivity index (χ0) is 20.3. The van der Waals surface area contributed by atoms with Crippen LogP contribution in [0.25, 0.3) is 0 Å². The smallest absolute Gasteiger partial charge is 0.241 e. The van der Waals surface area contributed by atoms with E-state index in [0.29, 0.717) is 5.69 Å². The Hall–Kier alpha value is -1.99. The van der Waals surface area contributed by atoms with Crippen LogP contribution in [-0.2, 0) is 27.7 Å². The van der Waals surface area contributed by atoms with Crippen molar-refractivity contribution >= 4 is 33.4 Å². The normalized spacial score (nSPS) is 14.4. The van der Waals surface area contributed by atoms with Gasteiger partial charge in [0.05, 0.1) is 18.0 Å². The number of nitrogens with zero attached hydrogens (tertiary/aromatic N) is 1. The van der Waals surface area contributed by atoms with Gasteiger partial charge in [-0.3, -0.25) is 9.10 Å². The van der Waals surface area contributed by atoms with E-state index in [9.17, 15) is 13.2 Å². The highest BCUT2D eigenvalue weighted by Crippen LogP contribution is 2.26. The van der Waals surface area contributed by atoms with Crippen molar-refractivity contribution in [3.63, 3.8) is 0 Å². The van der Waals surface area contributed by atoms with E-state index in [0.717, 1.165) is 33.9 Å². The van der Waals surface area contributed by atoms with E-state index in [2.05, 4.69) is 17.4 Å². The van der Waals surface area contributed by atoms with E-state index in [1.807, 2.05) is 25.3 Å². The molecule has 0 saturated heterocycles. The molecular weight excluding hydrogens is 392 g/mol. The van der Waals surface area contributed by atoms with E-state index in [1.165, 1.54) is 29.3 Å². The Morgan fingerprint density at radius 3 is 2.64 bits per heavy atom. The molecule has 0 bridgehead atoms. The minimum atomic E-state index is -3.58. The first kappa shape index (κ1) is 20.7. The van der Waals surface area contributed by atoms with Gasteiger partial charge in [0, 0.05) is 4.90 Å². The van der Waals surface area contributed by atoms with Crippen LogP contribution in [-0.4, -0.2) is 33.4 Å². The average Bonchev–Trinajstić information content (AvgIpc) is 3.13. The van der Waals surface area contributed by atoms with Crippen LogP contribution in [0.1, 0.15) is 36.1 Å². The fourth-order valence-corrected chi connectivity index (χ4v) is 4.83. The van der Waals surface area contributed by atoms with E-state index in [-0.39, 0.29) is 18.5 Å². The standard InChI is InChI=1S/C21H26N2O3S2/c1-15(17-11-10-16-6-4-7-18(16)12-17)22-21(24)14-23(28(3,25)26)19-8-5-9-20(13-19)27-2/h5,8-13,15H,4,6-7,14H2,1-3H3,(H,22,24). The molecule has 0 aromatic heterocycles. The van der Waals surface area contributed by atoms with Crippen LogP contribution in [0.4, 0.5) is 5.69 Å². The summed E-state index contributed by atoms with van der Waals surface area (Å²) in [6.45, 7) is 1.68. The molecule has 0 heterocycles. The second-order valence-corrected chi connectivity index (χ2v) is 9.93. The summed E-state index contributed by atoms with van der Waals surface area (Å²) in [5.41, 5.74) is 4.28. The summed E-state index contributed by atoms with van der Waals surface area (Å²) in [5, 5.41) is 2.94. The number of benzene rings is 2. The van der Waals surface area contributed by atoms with Gasteiger partial charge >= 0.3 is 0 Å². The number of thioether (sulfide) groups is 1. The molecule has 1 unspecified atom stereocenters. The van der Waals surface area contributed by atoms with Crippen molar-refractivity contribution in [1.82, 2.24) is 5.32 Å². The van der Waals surface area contributed by atoms with Crippen LogP contribution in [0.5, 0.6) is 0 Å². The van der Waals surface area contributed by atoms with Crippen molar-refractivity contribution in [3.05, 3.63) is 59.2 Å². The summed E-state index contributed by atoms with van der Waals surface area (Å²) in [4.78, 5) is 13.6. The predicted octanol–water partition coefficient (Wildman–Crippen LogP) is 3.54. The van der Waals surface area contributed by atoms with Gasteiger partial charge in [0.15, 0.2) is 0 Å². The quantitative estimate of drug-likeness (QED) is 0.699. The molecule has 7 heteroatoms. The molecule has 0 saturated carbocycles. The van der Waals surface area contributed by atoms with Crippen LogP contribution in [0, 0.1) is 0 Å². The van der Waals surface area contributed by atoms with Gasteiger partial charge < -0.3 is 5.32 Å². The lowest BCUT2D eigenvalue weighted by molar-refractivity contribution is -0.120. The lowest BCUT2D eigenvalue weighted by atomic mass is 10.0. The van der Waals surface area contributed by atoms with Crippen LogP contribution in [0.15, 0.2) is 47.4 Å². The molecule has 1 aliphatic rings. The number of sulfonamides is 1. The first-order valence-electron chi connectivity index (χ1n) is 9.31. The largest absolute Gasteiger partial charge is 0.348 e. The molecule has 1 N–H and O–H groups in total. The van der Waals surface area contributed by atoms with Gasteiger partial charge in [-0.1, -0.05) is 24.3 Å². The fourth-order valence-electron chi connectivity index (χ4n) is 3.53. The van der Waals surface area contributed by atoms with Crippen LogP contribution < -0.4 is 9.62 Å². The fraction of sp³-hybridized carbons (Fsp3) is 0.381. The number of fused-ring (bicyclic) bond motifs is 1. The third kappa shape index (κ3) is 4.89. The van der Waals surface area contributed by atoms with Crippen molar-refractivity contribution < 1.29 is 13.2 Å². The molecule has 0 radical (unpaired) electrons. The molecule has 150 valence electrons. The van der Waals surface area contributed by atoms with Crippen molar-refractivity contribution in [1.29, 1.82) is 0 Å². The minimum Gasteiger partial charge on any atom is -0.348 e. The molecule has 0 aliphatic heterocycles. The Balaban J connectivity index is 1.73. The molecular formula is C21H26N2O3S2. The number of aryl methyl sites for hydroxylation is 2. The first-order chi connectivity index (χ1) is 13.3. The molecule has 1 aliphatic carbocycles. The van der Waals surface area contributed by atoms with Crippen molar-refractivity contribution in [3.8, 4) is 0 Å². The molecule has 28 heavy (non-hydrogen) atoms. The Morgan fingerprint density at radius 1 is 1.18 bits per heavy atom. The summed E-state index contributed by atoms with van der Waals surface area (Å²) in [6.07, 6.45) is 6.43. The molecule has 5 nitrogen and oxygen atoms in total. The van der Waals surface area contributed by atoms with Gasteiger partial charge in [0.2, 0.25) is 15.9 Å². The topological polar surface area (TPSA) is 66.5 Å². The Kier molecular flexibility index (Phi) is 6.35. The summed E-state index contributed by atoms with van der Waals surface area (Å²) < 4.78 is 25.7.